The molecule has 0 radical (unpaired) electrons. The van der Waals surface area contributed by atoms with Gasteiger partial charge in [-0.3, -0.25) is 4.79 Å². The van der Waals surface area contributed by atoms with Crippen molar-refractivity contribution in [1.82, 2.24) is 14.8 Å². The summed E-state index contributed by atoms with van der Waals surface area (Å²) in [6.07, 6.45) is 2.43. The third-order valence-electron chi connectivity index (χ3n) is 2.73. The van der Waals surface area contributed by atoms with Crippen LogP contribution in [0.15, 0.2) is 6.33 Å². The molecule has 18 heavy (non-hydrogen) atoms. The molecule has 1 heterocycles. The summed E-state index contributed by atoms with van der Waals surface area (Å²) in [6.45, 7) is 9.32. The SMILES string of the molecule is CCCn1ncnc1CC(=O)C(OCC)C(C)C. The Morgan fingerprint density at radius 2 is 2.17 bits per heavy atom. The minimum atomic E-state index is -0.346. The van der Waals surface area contributed by atoms with Crippen molar-refractivity contribution < 1.29 is 9.53 Å². The Bertz CT molecular complexity index is 374. The van der Waals surface area contributed by atoms with Crippen molar-refractivity contribution in [3.63, 3.8) is 0 Å². The van der Waals surface area contributed by atoms with Gasteiger partial charge in [0.25, 0.3) is 0 Å². The predicted molar refractivity (Wildman–Crippen MR) is 69.3 cm³/mol. The maximum absolute atomic E-state index is 12.2. The highest BCUT2D eigenvalue weighted by molar-refractivity contribution is 5.84. The Balaban J connectivity index is 2.69. The standard InChI is InChI=1S/C13H23N3O2/c1-5-7-16-12(14-9-15-16)8-11(17)13(10(3)4)18-6-2/h9-10,13H,5-8H2,1-4H3. The number of Topliss-reactive ketones (excluding diaryl/α,β-unsaturated/α-hetero) is 1. The molecule has 1 aromatic heterocycles. The summed E-state index contributed by atoms with van der Waals surface area (Å²) in [5.41, 5.74) is 0. The van der Waals surface area contributed by atoms with E-state index in [1.807, 2.05) is 20.8 Å². The summed E-state index contributed by atoms with van der Waals surface area (Å²) in [4.78, 5) is 16.3. The van der Waals surface area contributed by atoms with Gasteiger partial charge in [-0.1, -0.05) is 20.8 Å². The molecule has 102 valence electrons. The highest BCUT2D eigenvalue weighted by atomic mass is 16.5. The predicted octanol–water partition coefficient (Wildman–Crippen LogP) is 1.86. The Morgan fingerprint density at radius 3 is 2.72 bits per heavy atom. The second kappa shape index (κ2) is 7.26. The highest BCUT2D eigenvalue weighted by Crippen LogP contribution is 2.11. The van der Waals surface area contributed by atoms with Crippen molar-refractivity contribution in [2.75, 3.05) is 6.61 Å². The van der Waals surface area contributed by atoms with E-state index in [-0.39, 0.29) is 17.8 Å². The first-order chi connectivity index (χ1) is 8.60. The molecule has 5 nitrogen and oxygen atoms in total. The van der Waals surface area contributed by atoms with Crippen LogP contribution in [0.3, 0.4) is 0 Å². The fourth-order valence-electron chi connectivity index (χ4n) is 1.92. The quantitative estimate of drug-likeness (QED) is 0.709. The van der Waals surface area contributed by atoms with E-state index >= 15 is 0 Å². The van der Waals surface area contributed by atoms with E-state index in [9.17, 15) is 4.79 Å². The van der Waals surface area contributed by atoms with Gasteiger partial charge in [0.15, 0.2) is 5.78 Å². The number of aryl methyl sites for hydroxylation is 1. The summed E-state index contributed by atoms with van der Waals surface area (Å²) in [7, 11) is 0. The third-order valence-corrected chi connectivity index (χ3v) is 2.73. The van der Waals surface area contributed by atoms with Gasteiger partial charge in [0.05, 0.1) is 6.42 Å². The fourth-order valence-corrected chi connectivity index (χ4v) is 1.92. The Kier molecular flexibility index (Phi) is 5.98. The van der Waals surface area contributed by atoms with E-state index in [1.54, 1.807) is 4.68 Å². The normalized spacial score (nSPS) is 12.9. The average molecular weight is 253 g/mol. The van der Waals surface area contributed by atoms with Crippen molar-refractivity contribution in [1.29, 1.82) is 0 Å². The maximum Gasteiger partial charge on any atom is 0.169 e. The number of aromatic nitrogens is 3. The van der Waals surface area contributed by atoms with E-state index in [0.29, 0.717) is 13.0 Å². The van der Waals surface area contributed by atoms with Gasteiger partial charge in [0.1, 0.15) is 18.3 Å². The van der Waals surface area contributed by atoms with Crippen LogP contribution in [0.25, 0.3) is 0 Å². The second-order valence-electron chi connectivity index (χ2n) is 4.66. The van der Waals surface area contributed by atoms with Gasteiger partial charge in [-0.2, -0.15) is 5.10 Å². The summed E-state index contributed by atoms with van der Waals surface area (Å²) in [5.74, 6) is 0.990. The lowest BCUT2D eigenvalue weighted by atomic mass is 10.0. The number of ether oxygens (including phenoxy) is 1. The first kappa shape index (κ1) is 14.8. The van der Waals surface area contributed by atoms with Crippen LogP contribution in [-0.4, -0.2) is 33.3 Å². The van der Waals surface area contributed by atoms with Crippen LogP contribution < -0.4 is 0 Å². The number of nitrogens with zero attached hydrogens (tertiary/aromatic N) is 3. The number of carbonyl (C=O) groups excluding carboxylic acids is 1. The molecule has 5 heteroatoms. The first-order valence-corrected chi connectivity index (χ1v) is 6.61. The van der Waals surface area contributed by atoms with Gasteiger partial charge in [-0.15, -0.1) is 0 Å². The Morgan fingerprint density at radius 1 is 1.44 bits per heavy atom. The second-order valence-corrected chi connectivity index (χ2v) is 4.66. The minimum absolute atomic E-state index is 0.0807. The van der Waals surface area contributed by atoms with Crippen molar-refractivity contribution in [3.8, 4) is 0 Å². The van der Waals surface area contributed by atoms with Crippen LogP contribution in [0.4, 0.5) is 0 Å². The largest absolute Gasteiger partial charge is 0.370 e. The first-order valence-electron chi connectivity index (χ1n) is 6.61. The Hall–Kier alpha value is -1.23. The summed E-state index contributed by atoms with van der Waals surface area (Å²) < 4.78 is 7.30. The van der Waals surface area contributed by atoms with Gasteiger partial charge in [-0.25, -0.2) is 9.67 Å². The Labute approximate surface area is 109 Å². The van der Waals surface area contributed by atoms with Crippen molar-refractivity contribution >= 4 is 5.78 Å². The van der Waals surface area contributed by atoms with Gasteiger partial charge >= 0.3 is 0 Å². The molecule has 0 amide bonds. The number of rotatable bonds is 8. The molecule has 0 aliphatic carbocycles. The lowest BCUT2D eigenvalue weighted by molar-refractivity contribution is -0.132. The molecule has 0 saturated carbocycles. The molecule has 0 aromatic carbocycles. The van der Waals surface area contributed by atoms with Crippen LogP contribution in [0.2, 0.25) is 0 Å². The average Bonchev–Trinajstić information content (AvgIpc) is 2.73. The smallest absolute Gasteiger partial charge is 0.169 e. The minimum Gasteiger partial charge on any atom is -0.370 e. The van der Waals surface area contributed by atoms with E-state index in [0.717, 1.165) is 18.8 Å². The molecule has 0 N–H and O–H groups in total. The lowest BCUT2D eigenvalue weighted by Gasteiger charge is -2.19. The number of carbonyl (C=O) groups is 1. The number of ketones is 1. The molecular formula is C13H23N3O2. The molecule has 0 spiro atoms. The molecule has 1 atom stereocenters. The molecule has 0 fully saturated rings. The zero-order chi connectivity index (χ0) is 13.5. The van der Waals surface area contributed by atoms with Crippen molar-refractivity contribution in [2.45, 2.75) is 53.2 Å². The molecule has 0 aliphatic rings. The van der Waals surface area contributed by atoms with E-state index < -0.39 is 0 Å². The van der Waals surface area contributed by atoms with Gasteiger partial charge in [-0.05, 0) is 19.3 Å². The maximum atomic E-state index is 12.2. The van der Waals surface area contributed by atoms with E-state index in [4.69, 9.17) is 4.74 Å². The van der Waals surface area contributed by atoms with Gasteiger partial charge in [0, 0.05) is 13.2 Å². The summed E-state index contributed by atoms with van der Waals surface area (Å²) in [6, 6.07) is 0. The summed E-state index contributed by atoms with van der Waals surface area (Å²) >= 11 is 0. The van der Waals surface area contributed by atoms with Crippen LogP contribution in [0.5, 0.6) is 0 Å². The fraction of sp³-hybridized carbons (Fsp3) is 0.769. The molecule has 1 unspecified atom stereocenters. The zero-order valence-corrected chi connectivity index (χ0v) is 11.7. The highest BCUT2D eigenvalue weighted by Gasteiger charge is 2.24. The molecule has 1 rings (SSSR count). The van der Waals surface area contributed by atoms with E-state index in [2.05, 4.69) is 17.0 Å². The number of hydrogen-bond acceptors (Lipinski definition) is 4. The summed E-state index contributed by atoms with van der Waals surface area (Å²) in [5, 5.41) is 4.12. The van der Waals surface area contributed by atoms with E-state index in [1.165, 1.54) is 6.33 Å². The molecule has 0 bridgehead atoms. The number of hydrogen-bond donors (Lipinski definition) is 0. The van der Waals surface area contributed by atoms with Crippen LogP contribution in [0, 0.1) is 5.92 Å². The van der Waals surface area contributed by atoms with Crippen LogP contribution in [-0.2, 0) is 22.5 Å². The zero-order valence-electron chi connectivity index (χ0n) is 11.7. The monoisotopic (exact) mass is 253 g/mol. The molecule has 0 saturated heterocycles. The molecule has 0 aliphatic heterocycles. The van der Waals surface area contributed by atoms with Crippen molar-refractivity contribution in [2.24, 2.45) is 5.92 Å². The van der Waals surface area contributed by atoms with Crippen LogP contribution in [0.1, 0.15) is 39.9 Å². The molecule has 1 aromatic rings. The van der Waals surface area contributed by atoms with Crippen molar-refractivity contribution in [3.05, 3.63) is 12.2 Å². The topological polar surface area (TPSA) is 57.0 Å². The third kappa shape index (κ3) is 3.91. The lowest BCUT2D eigenvalue weighted by Crippen LogP contribution is -2.32. The van der Waals surface area contributed by atoms with Gasteiger partial charge < -0.3 is 4.74 Å². The van der Waals surface area contributed by atoms with Crippen LogP contribution >= 0.6 is 0 Å². The molecular weight excluding hydrogens is 230 g/mol. The van der Waals surface area contributed by atoms with Gasteiger partial charge in [0.2, 0.25) is 0 Å².